The Balaban J connectivity index is 1.50. The lowest BCUT2D eigenvalue weighted by Crippen LogP contribution is -2.69. The van der Waals surface area contributed by atoms with Crippen molar-refractivity contribution in [1.29, 1.82) is 5.26 Å². The third-order valence-corrected chi connectivity index (χ3v) is 5.29. The van der Waals surface area contributed by atoms with Crippen LogP contribution in [0, 0.1) is 17.1 Å². The number of rotatable bonds is 4. The highest BCUT2D eigenvalue weighted by Crippen LogP contribution is 2.38. The van der Waals surface area contributed by atoms with Gasteiger partial charge in [-0.1, -0.05) is 11.8 Å². The molecule has 0 aromatic carbocycles. The van der Waals surface area contributed by atoms with Gasteiger partial charge in [0.15, 0.2) is 11.0 Å². The SMILES string of the molecule is CSc1ncc(C#N)c(N2C3CC2CN(Cc2cncc(F)c2)C3)n1. The van der Waals surface area contributed by atoms with Gasteiger partial charge in [-0.3, -0.25) is 9.88 Å². The number of halogens is 1. The van der Waals surface area contributed by atoms with Crippen LogP contribution in [0.25, 0.3) is 0 Å². The number of hydrogen-bond donors (Lipinski definition) is 0. The van der Waals surface area contributed by atoms with Crippen molar-refractivity contribution in [2.45, 2.75) is 30.2 Å². The molecule has 0 radical (unpaired) electrons. The normalized spacial score (nSPS) is 22.4. The summed E-state index contributed by atoms with van der Waals surface area (Å²) in [7, 11) is 0. The molecular weight excluding hydrogens is 339 g/mol. The molecule has 0 aliphatic carbocycles. The molecule has 3 aliphatic heterocycles. The molecule has 0 spiro atoms. The fourth-order valence-electron chi connectivity index (χ4n) is 3.70. The second-order valence-electron chi connectivity index (χ2n) is 6.36. The second kappa shape index (κ2) is 6.58. The average molecular weight is 356 g/mol. The van der Waals surface area contributed by atoms with E-state index >= 15 is 0 Å². The number of nitriles is 1. The summed E-state index contributed by atoms with van der Waals surface area (Å²) in [6, 6.07) is 4.40. The van der Waals surface area contributed by atoms with Gasteiger partial charge in [-0.05, 0) is 24.3 Å². The van der Waals surface area contributed by atoms with Crippen molar-refractivity contribution < 1.29 is 4.39 Å². The highest BCUT2D eigenvalue weighted by molar-refractivity contribution is 7.98. The Bertz CT molecular complexity index is 826. The first-order chi connectivity index (χ1) is 12.2. The third-order valence-electron chi connectivity index (χ3n) is 4.73. The van der Waals surface area contributed by atoms with Gasteiger partial charge in [-0.25, -0.2) is 14.4 Å². The number of piperidine rings is 1. The molecule has 3 fully saturated rings. The Hall–Kier alpha value is -2.24. The quantitative estimate of drug-likeness (QED) is 0.613. The van der Waals surface area contributed by atoms with E-state index in [2.05, 4.69) is 30.8 Å². The fourth-order valence-corrected chi connectivity index (χ4v) is 4.04. The summed E-state index contributed by atoms with van der Waals surface area (Å²) >= 11 is 1.47. The van der Waals surface area contributed by atoms with Gasteiger partial charge in [-0.15, -0.1) is 0 Å². The third kappa shape index (κ3) is 3.05. The van der Waals surface area contributed by atoms with Crippen molar-refractivity contribution in [3.8, 4) is 6.07 Å². The Morgan fingerprint density at radius 2 is 2.12 bits per heavy atom. The van der Waals surface area contributed by atoms with Gasteiger partial charge >= 0.3 is 0 Å². The average Bonchev–Trinajstić information content (AvgIpc) is 2.61. The molecule has 2 aromatic rings. The predicted molar refractivity (Wildman–Crippen MR) is 92.7 cm³/mol. The zero-order chi connectivity index (χ0) is 17.4. The standard InChI is InChI=1S/C17H17FN6S/c1-25-17-21-6-12(4-19)16(22-17)24-14-3-15(24)10-23(9-14)8-11-2-13(18)7-20-5-11/h2,5-7,14-15H,3,8-10H2,1H3. The molecule has 3 saturated heterocycles. The summed E-state index contributed by atoms with van der Waals surface area (Å²) < 4.78 is 13.3. The van der Waals surface area contributed by atoms with Crippen molar-refractivity contribution in [1.82, 2.24) is 19.9 Å². The number of hydrogen-bond acceptors (Lipinski definition) is 7. The van der Waals surface area contributed by atoms with E-state index in [1.54, 1.807) is 12.4 Å². The predicted octanol–water partition coefficient (Wildman–Crippen LogP) is 2.07. The number of nitrogens with zero attached hydrogens (tertiary/aromatic N) is 6. The fraction of sp³-hybridized carbons (Fsp3) is 0.412. The van der Waals surface area contributed by atoms with Crippen LogP contribution in [0.5, 0.6) is 0 Å². The van der Waals surface area contributed by atoms with E-state index in [1.165, 1.54) is 24.0 Å². The summed E-state index contributed by atoms with van der Waals surface area (Å²) in [5, 5.41) is 10.1. The van der Waals surface area contributed by atoms with Gasteiger partial charge in [0.05, 0.1) is 12.4 Å². The highest BCUT2D eigenvalue weighted by Gasteiger charge is 2.46. The van der Waals surface area contributed by atoms with Gasteiger partial charge in [-0.2, -0.15) is 5.26 Å². The minimum absolute atomic E-state index is 0.300. The van der Waals surface area contributed by atoms with Crippen LogP contribution < -0.4 is 4.90 Å². The molecule has 8 heteroatoms. The smallest absolute Gasteiger partial charge is 0.189 e. The first-order valence-corrected chi connectivity index (χ1v) is 9.31. The molecule has 2 aromatic heterocycles. The van der Waals surface area contributed by atoms with E-state index in [0.717, 1.165) is 30.9 Å². The molecule has 128 valence electrons. The highest BCUT2D eigenvalue weighted by atomic mass is 32.2. The monoisotopic (exact) mass is 356 g/mol. The van der Waals surface area contributed by atoms with Gasteiger partial charge in [0.25, 0.3) is 0 Å². The molecular formula is C17H17FN6S. The topological polar surface area (TPSA) is 68.9 Å². The maximum absolute atomic E-state index is 13.3. The van der Waals surface area contributed by atoms with Crippen molar-refractivity contribution >= 4 is 17.6 Å². The molecule has 0 N–H and O–H groups in total. The summed E-state index contributed by atoms with van der Waals surface area (Å²) in [6.45, 7) is 2.43. The zero-order valence-electron chi connectivity index (χ0n) is 13.8. The van der Waals surface area contributed by atoms with E-state index in [1.807, 2.05) is 6.26 Å². The molecule has 5 heterocycles. The van der Waals surface area contributed by atoms with E-state index in [-0.39, 0.29) is 5.82 Å². The van der Waals surface area contributed by atoms with Crippen LogP contribution in [0.15, 0.2) is 29.8 Å². The molecule has 2 atom stereocenters. The van der Waals surface area contributed by atoms with Gasteiger partial charge < -0.3 is 4.90 Å². The van der Waals surface area contributed by atoms with Gasteiger partial charge in [0, 0.05) is 37.9 Å². The summed E-state index contributed by atoms with van der Waals surface area (Å²) in [5.74, 6) is 0.445. The summed E-state index contributed by atoms with van der Waals surface area (Å²) in [4.78, 5) is 17.2. The zero-order valence-corrected chi connectivity index (χ0v) is 14.6. The maximum Gasteiger partial charge on any atom is 0.189 e. The van der Waals surface area contributed by atoms with E-state index in [0.29, 0.717) is 29.3 Å². The Kier molecular flexibility index (Phi) is 4.27. The Morgan fingerprint density at radius 1 is 1.32 bits per heavy atom. The maximum atomic E-state index is 13.3. The number of fused-ring (bicyclic) bond motifs is 2. The molecule has 5 rings (SSSR count). The van der Waals surface area contributed by atoms with Crippen LogP contribution in [0.1, 0.15) is 17.5 Å². The number of pyridine rings is 1. The molecule has 2 unspecified atom stereocenters. The minimum Gasteiger partial charge on any atom is -0.347 e. The first-order valence-electron chi connectivity index (χ1n) is 8.09. The van der Waals surface area contributed by atoms with E-state index in [4.69, 9.17) is 0 Å². The van der Waals surface area contributed by atoms with Crippen LogP contribution in [0.3, 0.4) is 0 Å². The van der Waals surface area contributed by atoms with Crippen LogP contribution in [0.4, 0.5) is 10.2 Å². The number of thioether (sulfide) groups is 1. The molecule has 0 amide bonds. The first kappa shape index (κ1) is 16.2. The largest absolute Gasteiger partial charge is 0.347 e. The number of aromatic nitrogens is 3. The molecule has 3 aliphatic rings. The molecule has 25 heavy (non-hydrogen) atoms. The minimum atomic E-state index is -0.300. The Labute approximate surface area is 149 Å². The van der Waals surface area contributed by atoms with E-state index < -0.39 is 0 Å². The number of anilines is 1. The lowest BCUT2D eigenvalue weighted by atomic mass is 9.86. The molecule has 2 bridgehead atoms. The molecule has 6 nitrogen and oxygen atoms in total. The lowest BCUT2D eigenvalue weighted by Gasteiger charge is -2.57. The van der Waals surface area contributed by atoms with Crippen molar-refractivity contribution in [3.63, 3.8) is 0 Å². The van der Waals surface area contributed by atoms with Crippen molar-refractivity contribution in [2.24, 2.45) is 0 Å². The Morgan fingerprint density at radius 3 is 2.80 bits per heavy atom. The second-order valence-corrected chi connectivity index (χ2v) is 7.14. The van der Waals surface area contributed by atoms with Crippen molar-refractivity contribution in [3.05, 3.63) is 41.6 Å². The summed E-state index contributed by atoms with van der Waals surface area (Å²) in [6.07, 6.45) is 7.57. The van der Waals surface area contributed by atoms with Crippen LogP contribution in [-0.4, -0.2) is 51.3 Å². The van der Waals surface area contributed by atoms with Crippen LogP contribution >= 0.6 is 11.8 Å². The van der Waals surface area contributed by atoms with Crippen molar-refractivity contribution in [2.75, 3.05) is 24.2 Å². The van der Waals surface area contributed by atoms with Gasteiger partial charge in [0.2, 0.25) is 0 Å². The van der Waals surface area contributed by atoms with E-state index in [9.17, 15) is 9.65 Å². The van der Waals surface area contributed by atoms with Gasteiger partial charge in [0.1, 0.15) is 17.4 Å². The molecule has 0 saturated carbocycles. The number of piperazine rings is 1. The summed E-state index contributed by atoms with van der Waals surface area (Å²) in [5.41, 5.74) is 1.41. The lowest BCUT2D eigenvalue weighted by molar-refractivity contribution is 0.107. The van der Waals surface area contributed by atoms with Crippen LogP contribution in [-0.2, 0) is 6.54 Å². The van der Waals surface area contributed by atoms with Crippen LogP contribution in [0.2, 0.25) is 0 Å².